The smallest absolute Gasteiger partial charge is 0.255 e. The largest absolute Gasteiger partial charge is 0.471 e. The summed E-state index contributed by atoms with van der Waals surface area (Å²) >= 11 is 12.1. The number of ether oxygens (including phenoxy) is 1. The minimum Gasteiger partial charge on any atom is -0.471 e. The summed E-state index contributed by atoms with van der Waals surface area (Å²) in [4.78, 5) is 16.4. The number of amides is 1. The maximum Gasteiger partial charge on any atom is 0.255 e. The van der Waals surface area contributed by atoms with Crippen LogP contribution in [0.4, 0.5) is 5.82 Å². The Kier molecular flexibility index (Phi) is 5.84. The number of likely N-dealkylation sites (tertiary alicyclic amines) is 1. The van der Waals surface area contributed by atoms with Crippen molar-refractivity contribution in [1.29, 1.82) is 0 Å². The Morgan fingerprint density at radius 3 is 2.69 bits per heavy atom. The van der Waals surface area contributed by atoms with E-state index in [0.717, 1.165) is 18.7 Å². The summed E-state index contributed by atoms with van der Waals surface area (Å²) in [6.45, 7) is 1.15. The fourth-order valence-corrected chi connectivity index (χ4v) is 3.33. The lowest BCUT2D eigenvalue weighted by atomic mass is 10.1. The van der Waals surface area contributed by atoms with E-state index in [4.69, 9.17) is 27.9 Å². The Labute approximate surface area is 162 Å². The van der Waals surface area contributed by atoms with Gasteiger partial charge >= 0.3 is 0 Å². The van der Waals surface area contributed by atoms with Crippen molar-refractivity contribution in [3.05, 3.63) is 45.9 Å². The molecule has 8 heteroatoms. The van der Waals surface area contributed by atoms with E-state index in [2.05, 4.69) is 10.2 Å². The number of hydrogen-bond donors (Lipinski definition) is 0. The fourth-order valence-electron chi connectivity index (χ4n) is 2.84. The minimum atomic E-state index is -0.127. The standard InChI is InChI=1S/C18H20Cl2N4O2/c1-23(2)16-7-8-17(22-21-16)26-13-4-3-9-24(11-13)18(25)14-6-5-12(19)10-15(14)20/h5-8,10,13H,3-4,9,11H2,1-2H3. The van der Waals surface area contributed by atoms with Crippen molar-refractivity contribution >= 4 is 34.9 Å². The number of rotatable bonds is 4. The molecular weight excluding hydrogens is 375 g/mol. The molecule has 0 bridgehead atoms. The molecule has 1 amide bonds. The first-order chi connectivity index (χ1) is 12.4. The molecule has 1 fully saturated rings. The van der Waals surface area contributed by atoms with Crippen LogP contribution in [0.5, 0.6) is 5.88 Å². The van der Waals surface area contributed by atoms with E-state index in [1.807, 2.05) is 25.1 Å². The summed E-state index contributed by atoms with van der Waals surface area (Å²) in [5, 5.41) is 9.06. The van der Waals surface area contributed by atoms with Crippen LogP contribution in [0.2, 0.25) is 10.0 Å². The van der Waals surface area contributed by atoms with Crippen molar-refractivity contribution in [3.8, 4) is 5.88 Å². The molecule has 1 atom stereocenters. The molecule has 1 aliphatic rings. The van der Waals surface area contributed by atoms with Gasteiger partial charge in [0.25, 0.3) is 5.91 Å². The molecule has 0 spiro atoms. The average molecular weight is 395 g/mol. The molecular formula is C18H20Cl2N4O2. The molecule has 2 heterocycles. The third kappa shape index (κ3) is 4.37. The molecule has 0 radical (unpaired) electrons. The van der Waals surface area contributed by atoms with Crippen LogP contribution in [-0.4, -0.2) is 54.3 Å². The molecule has 1 unspecified atom stereocenters. The summed E-state index contributed by atoms with van der Waals surface area (Å²) in [6.07, 6.45) is 1.58. The van der Waals surface area contributed by atoms with Crippen molar-refractivity contribution < 1.29 is 9.53 Å². The molecule has 6 nitrogen and oxygen atoms in total. The summed E-state index contributed by atoms with van der Waals surface area (Å²) in [6, 6.07) is 8.54. The average Bonchev–Trinajstić information content (AvgIpc) is 2.62. The molecule has 3 rings (SSSR count). The third-order valence-corrected chi connectivity index (χ3v) is 4.75. The number of hydrogen-bond acceptors (Lipinski definition) is 5. The van der Waals surface area contributed by atoms with Gasteiger partial charge in [0.1, 0.15) is 6.10 Å². The van der Waals surface area contributed by atoms with E-state index in [1.165, 1.54) is 0 Å². The van der Waals surface area contributed by atoms with Crippen molar-refractivity contribution in [2.75, 3.05) is 32.1 Å². The monoisotopic (exact) mass is 394 g/mol. The quantitative estimate of drug-likeness (QED) is 0.793. The Balaban J connectivity index is 1.66. The normalized spacial score (nSPS) is 17.1. The maximum absolute atomic E-state index is 12.8. The topological polar surface area (TPSA) is 58.6 Å². The number of carbonyl (C=O) groups is 1. The maximum atomic E-state index is 12.8. The third-order valence-electron chi connectivity index (χ3n) is 4.20. The number of carbonyl (C=O) groups excluding carboxylic acids is 1. The predicted molar refractivity (Wildman–Crippen MR) is 102 cm³/mol. The zero-order valence-electron chi connectivity index (χ0n) is 14.7. The lowest BCUT2D eigenvalue weighted by Crippen LogP contribution is -2.44. The van der Waals surface area contributed by atoms with Crippen molar-refractivity contribution in [3.63, 3.8) is 0 Å². The van der Waals surface area contributed by atoms with Crippen LogP contribution in [0.3, 0.4) is 0 Å². The number of anilines is 1. The van der Waals surface area contributed by atoms with Crippen molar-refractivity contribution in [1.82, 2.24) is 15.1 Å². The van der Waals surface area contributed by atoms with Crippen LogP contribution in [0.15, 0.2) is 30.3 Å². The molecule has 0 aliphatic carbocycles. The van der Waals surface area contributed by atoms with E-state index < -0.39 is 0 Å². The number of halogens is 2. The fraction of sp³-hybridized carbons (Fsp3) is 0.389. The lowest BCUT2D eigenvalue weighted by Gasteiger charge is -2.32. The Bertz CT molecular complexity index is 783. The SMILES string of the molecule is CN(C)c1ccc(OC2CCCN(C(=O)c3ccc(Cl)cc3Cl)C2)nn1. The van der Waals surface area contributed by atoms with E-state index in [0.29, 0.717) is 34.6 Å². The van der Waals surface area contributed by atoms with Crippen LogP contribution in [-0.2, 0) is 0 Å². The molecule has 1 aromatic heterocycles. The highest BCUT2D eigenvalue weighted by Crippen LogP contribution is 2.24. The Morgan fingerprint density at radius 2 is 2.04 bits per heavy atom. The lowest BCUT2D eigenvalue weighted by molar-refractivity contribution is 0.0526. The number of aromatic nitrogens is 2. The summed E-state index contributed by atoms with van der Waals surface area (Å²) in [7, 11) is 3.80. The summed E-state index contributed by atoms with van der Waals surface area (Å²) in [5.74, 6) is 1.10. The van der Waals surface area contributed by atoms with E-state index in [1.54, 1.807) is 29.2 Å². The van der Waals surface area contributed by atoms with Crippen molar-refractivity contribution in [2.45, 2.75) is 18.9 Å². The molecule has 26 heavy (non-hydrogen) atoms. The van der Waals surface area contributed by atoms with E-state index in [9.17, 15) is 4.79 Å². The predicted octanol–water partition coefficient (Wildman–Crippen LogP) is 3.53. The zero-order chi connectivity index (χ0) is 18.7. The second-order valence-corrected chi connectivity index (χ2v) is 7.23. The van der Waals surface area contributed by atoms with Gasteiger partial charge in [0.2, 0.25) is 5.88 Å². The highest BCUT2D eigenvalue weighted by atomic mass is 35.5. The molecule has 2 aromatic rings. The van der Waals surface area contributed by atoms with Gasteiger partial charge in [-0.3, -0.25) is 4.79 Å². The summed E-state index contributed by atoms with van der Waals surface area (Å²) in [5.41, 5.74) is 0.451. The van der Waals surface area contributed by atoms with Gasteiger partial charge in [0.15, 0.2) is 5.82 Å². The highest BCUT2D eigenvalue weighted by molar-refractivity contribution is 6.36. The second-order valence-electron chi connectivity index (χ2n) is 6.38. The first-order valence-corrected chi connectivity index (χ1v) is 9.11. The van der Waals surface area contributed by atoms with Crippen LogP contribution < -0.4 is 9.64 Å². The molecule has 1 saturated heterocycles. The molecule has 0 saturated carbocycles. The zero-order valence-corrected chi connectivity index (χ0v) is 16.2. The number of benzene rings is 1. The van der Waals surface area contributed by atoms with E-state index in [-0.39, 0.29) is 12.0 Å². The van der Waals surface area contributed by atoms with Gasteiger partial charge in [-0.1, -0.05) is 23.2 Å². The van der Waals surface area contributed by atoms with Gasteiger partial charge in [0.05, 0.1) is 17.1 Å². The highest BCUT2D eigenvalue weighted by Gasteiger charge is 2.27. The summed E-state index contributed by atoms with van der Waals surface area (Å²) < 4.78 is 5.92. The first kappa shape index (κ1) is 18.7. The number of piperidine rings is 1. The van der Waals surface area contributed by atoms with Crippen LogP contribution in [0.25, 0.3) is 0 Å². The first-order valence-electron chi connectivity index (χ1n) is 8.36. The van der Waals surface area contributed by atoms with Gasteiger partial charge in [-0.05, 0) is 37.1 Å². The molecule has 1 aromatic carbocycles. The van der Waals surface area contributed by atoms with Gasteiger partial charge in [-0.2, -0.15) is 0 Å². The Morgan fingerprint density at radius 1 is 1.23 bits per heavy atom. The molecule has 0 N–H and O–H groups in total. The van der Waals surface area contributed by atoms with Crippen molar-refractivity contribution in [2.24, 2.45) is 0 Å². The second kappa shape index (κ2) is 8.10. The number of nitrogens with zero attached hydrogens (tertiary/aromatic N) is 4. The minimum absolute atomic E-state index is 0.117. The Hall–Kier alpha value is -2.05. The van der Waals surface area contributed by atoms with Gasteiger partial charge in [0, 0.05) is 31.7 Å². The van der Waals surface area contributed by atoms with Gasteiger partial charge < -0.3 is 14.5 Å². The van der Waals surface area contributed by atoms with Gasteiger partial charge in [-0.15, -0.1) is 10.2 Å². The molecule has 1 aliphatic heterocycles. The molecule has 138 valence electrons. The van der Waals surface area contributed by atoms with Crippen LogP contribution in [0, 0.1) is 0 Å². The van der Waals surface area contributed by atoms with Crippen LogP contribution >= 0.6 is 23.2 Å². The van der Waals surface area contributed by atoms with Gasteiger partial charge in [-0.25, -0.2) is 0 Å². The van der Waals surface area contributed by atoms with E-state index >= 15 is 0 Å². The van der Waals surface area contributed by atoms with Crippen LogP contribution in [0.1, 0.15) is 23.2 Å².